The Morgan fingerprint density at radius 1 is 1.00 bits per heavy atom. The lowest BCUT2D eigenvalue weighted by Crippen LogP contribution is -2.44. The third-order valence-electron chi connectivity index (χ3n) is 5.55. The molecule has 3 rings (SSSR count). The normalized spacial score (nSPS) is 20.3. The van der Waals surface area contributed by atoms with Gasteiger partial charge >= 0.3 is 6.09 Å². The molecule has 2 aliphatic rings. The summed E-state index contributed by atoms with van der Waals surface area (Å²) in [6.07, 6.45) is 7.96. The smallest absolute Gasteiger partial charge is 0.410 e. The van der Waals surface area contributed by atoms with Gasteiger partial charge in [0, 0.05) is 38.6 Å². The molecule has 0 unspecified atom stereocenters. The fraction of sp³-hybridized carbons (Fsp3) is 0.750. The summed E-state index contributed by atoms with van der Waals surface area (Å²) in [5.41, 5.74) is 0.593. The molecule has 1 aromatic heterocycles. The summed E-state index contributed by atoms with van der Waals surface area (Å²) in [5.74, 6) is 2.51. The van der Waals surface area contributed by atoms with Crippen LogP contribution in [-0.4, -0.2) is 52.7 Å². The maximum atomic E-state index is 12.2. The highest BCUT2D eigenvalue weighted by atomic mass is 16.6. The van der Waals surface area contributed by atoms with E-state index in [2.05, 4.69) is 14.9 Å². The van der Waals surface area contributed by atoms with Gasteiger partial charge in [-0.15, -0.1) is 0 Å². The molecule has 2 saturated heterocycles. The molecule has 0 N–H and O–H groups in total. The molecule has 2 aliphatic heterocycles. The highest BCUT2D eigenvalue weighted by Gasteiger charge is 2.32. The maximum absolute atomic E-state index is 12.2. The highest BCUT2D eigenvalue weighted by molar-refractivity contribution is 5.68. The first-order valence-corrected chi connectivity index (χ1v) is 9.84. The van der Waals surface area contributed by atoms with Gasteiger partial charge in [0.05, 0.1) is 5.69 Å². The zero-order chi connectivity index (χ0) is 18.7. The van der Waals surface area contributed by atoms with Gasteiger partial charge in [0.2, 0.25) is 0 Å². The van der Waals surface area contributed by atoms with Crippen LogP contribution in [0.25, 0.3) is 0 Å². The van der Waals surface area contributed by atoms with Crippen molar-refractivity contribution in [3.8, 4) is 0 Å². The van der Waals surface area contributed by atoms with Crippen LogP contribution in [0.15, 0.2) is 12.4 Å². The molecule has 0 spiro atoms. The summed E-state index contributed by atoms with van der Waals surface area (Å²) in [6, 6.07) is 0. The topological polar surface area (TPSA) is 58.6 Å². The Hall–Kier alpha value is -1.85. The third kappa shape index (κ3) is 4.65. The van der Waals surface area contributed by atoms with E-state index in [9.17, 15) is 4.79 Å². The van der Waals surface area contributed by atoms with Crippen molar-refractivity contribution in [2.45, 2.75) is 59.0 Å². The SMILES string of the molecule is Cc1nccnc1N1CCC(C2CCN(C(=O)OC(C)(C)C)CC2)CC1. The second kappa shape index (κ2) is 7.80. The first-order chi connectivity index (χ1) is 12.3. The predicted molar refractivity (Wildman–Crippen MR) is 102 cm³/mol. The van der Waals surface area contributed by atoms with Crippen LogP contribution >= 0.6 is 0 Å². The number of aromatic nitrogens is 2. The Morgan fingerprint density at radius 3 is 2.08 bits per heavy atom. The Bertz CT molecular complexity index is 612. The van der Waals surface area contributed by atoms with Gasteiger partial charge in [-0.3, -0.25) is 4.98 Å². The van der Waals surface area contributed by atoms with E-state index >= 15 is 0 Å². The summed E-state index contributed by atoms with van der Waals surface area (Å²) in [4.78, 5) is 25.3. The molecule has 1 amide bonds. The van der Waals surface area contributed by atoms with Crippen LogP contribution in [0.4, 0.5) is 10.6 Å². The van der Waals surface area contributed by atoms with Crippen molar-refractivity contribution in [2.75, 3.05) is 31.1 Å². The molecule has 6 heteroatoms. The van der Waals surface area contributed by atoms with Gasteiger partial charge in [0.15, 0.2) is 0 Å². The molecule has 0 atom stereocenters. The van der Waals surface area contributed by atoms with Crippen molar-refractivity contribution >= 4 is 11.9 Å². The molecule has 0 bridgehead atoms. The Morgan fingerprint density at radius 2 is 1.54 bits per heavy atom. The molecule has 26 heavy (non-hydrogen) atoms. The number of hydrogen-bond donors (Lipinski definition) is 0. The number of hydrogen-bond acceptors (Lipinski definition) is 5. The molecule has 0 aromatic carbocycles. The minimum Gasteiger partial charge on any atom is -0.444 e. The van der Waals surface area contributed by atoms with E-state index in [4.69, 9.17) is 4.74 Å². The summed E-state index contributed by atoms with van der Waals surface area (Å²) in [6.45, 7) is 11.5. The van der Waals surface area contributed by atoms with E-state index in [1.165, 1.54) is 12.8 Å². The van der Waals surface area contributed by atoms with E-state index in [-0.39, 0.29) is 6.09 Å². The van der Waals surface area contributed by atoms with E-state index < -0.39 is 5.60 Å². The average molecular weight is 361 g/mol. The number of anilines is 1. The number of likely N-dealkylation sites (tertiary alicyclic amines) is 1. The second-order valence-corrected chi connectivity index (χ2v) is 8.59. The predicted octanol–water partition coefficient (Wildman–Crippen LogP) is 3.65. The number of rotatable bonds is 2. The molecule has 6 nitrogen and oxygen atoms in total. The van der Waals surface area contributed by atoms with Crippen LogP contribution in [0, 0.1) is 18.8 Å². The van der Waals surface area contributed by atoms with Gasteiger partial charge < -0.3 is 14.5 Å². The molecule has 0 saturated carbocycles. The number of carbonyl (C=O) groups excluding carboxylic acids is 1. The van der Waals surface area contributed by atoms with E-state index in [1.807, 2.05) is 32.6 Å². The van der Waals surface area contributed by atoms with Gasteiger partial charge in [-0.2, -0.15) is 0 Å². The van der Waals surface area contributed by atoms with E-state index in [0.717, 1.165) is 62.4 Å². The van der Waals surface area contributed by atoms with E-state index in [0.29, 0.717) is 0 Å². The zero-order valence-corrected chi connectivity index (χ0v) is 16.6. The van der Waals surface area contributed by atoms with Crippen molar-refractivity contribution in [3.05, 3.63) is 18.1 Å². The molecular weight excluding hydrogens is 328 g/mol. The molecule has 0 radical (unpaired) electrons. The third-order valence-corrected chi connectivity index (χ3v) is 5.55. The fourth-order valence-corrected chi connectivity index (χ4v) is 4.17. The molecule has 3 heterocycles. The van der Waals surface area contributed by atoms with Gasteiger partial charge in [-0.1, -0.05) is 0 Å². The van der Waals surface area contributed by atoms with E-state index in [1.54, 1.807) is 12.4 Å². The van der Waals surface area contributed by atoms with Crippen LogP contribution in [0.1, 0.15) is 52.1 Å². The van der Waals surface area contributed by atoms with Gasteiger partial charge in [0.25, 0.3) is 0 Å². The molecule has 2 fully saturated rings. The van der Waals surface area contributed by atoms with Crippen molar-refractivity contribution in [1.82, 2.24) is 14.9 Å². The van der Waals surface area contributed by atoms with Crippen molar-refractivity contribution in [3.63, 3.8) is 0 Å². The summed E-state index contributed by atoms with van der Waals surface area (Å²) in [5, 5.41) is 0. The number of nitrogens with zero attached hydrogens (tertiary/aromatic N) is 4. The Balaban J connectivity index is 1.47. The van der Waals surface area contributed by atoms with Crippen molar-refractivity contribution in [1.29, 1.82) is 0 Å². The lowest BCUT2D eigenvalue weighted by Gasteiger charge is -2.40. The number of amides is 1. The first-order valence-electron chi connectivity index (χ1n) is 9.84. The Kier molecular flexibility index (Phi) is 5.68. The first kappa shape index (κ1) is 18.9. The molecule has 1 aromatic rings. The summed E-state index contributed by atoms with van der Waals surface area (Å²) >= 11 is 0. The lowest BCUT2D eigenvalue weighted by atomic mass is 9.79. The van der Waals surface area contributed by atoms with Gasteiger partial charge in [-0.25, -0.2) is 9.78 Å². The van der Waals surface area contributed by atoms with Crippen molar-refractivity contribution < 1.29 is 9.53 Å². The van der Waals surface area contributed by atoms with Crippen LogP contribution in [0.3, 0.4) is 0 Å². The zero-order valence-electron chi connectivity index (χ0n) is 16.6. The maximum Gasteiger partial charge on any atom is 0.410 e. The Labute approximate surface area is 156 Å². The highest BCUT2D eigenvalue weighted by Crippen LogP contribution is 2.34. The average Bonchev–Trinajstić information content (AvgIpc) is 2.61. The fourth-order valence-electron chi connectivity index (χ4n) is 4.17. The number of piperidine rings is 2. The van der Waals surface area contributed by atoms with Gasteiger partial charge in [-0.05, 0) is 65.2 Å². The molecule has 144 valence electrons. The monoisotopic (exact) mass is 360 g/mol. The minimum absolute atomic E-state index is 0.163. The molecular formula is C20H32N4O2. The summed E-state index contributed by atoms with van der Waals surface area (Å²) < 4.78 is 5.50. The van der Waals surface area contributed by atoms with Crippen LogP contribution < -0.4 is 4.90 Å². The second-order valence-electron chi connectivity index (χ2n) is 8.59. The van der Waals surface area contributed by atoms with Crippen molar-refractivity contribution in [2.24, 2.45) is 11.8 Å². The summed E-state index contributed by atoms with van der Waals surface area (Å²) in [7, 11) is 0. The van der Waals surface area contributed by atoms with Gasteiger partial charge in [0.1, 0.15) is 11.4 Å². The largest absolute Gasteiger partial charge is 0.444 e. The number of carbonyl (C=O) groups is 1. The van der Waals surface area contributed by atoms with Crippen LogP contribution in [0.5, 0.6) is 0 Å². The number of ether oxygens (including phenoxy) is 1. The van der Waals surface area contributed by atoms with Crippen LogP contribution in [0.2, 0.25) is 0 Å². The number of aryl methyl sites for hydroxylation is 1. The standard InChI is InChI=1S/C20H32N4O2/c1-15-18(22-10-9-21-15)23-11-5-16(6-12-23)17-7-13-24(14-8-17)19(25)26-20(2,3)4/h9-10,16-17H,5-8,11-14H2,1-4H3. The molecule has 0 aliphatic carbocycles. The minimum atomic E-state index is -0.417. The lowest BCUT2D eigenvalue weighted by molar-refractivity contribution is 0.0152. The quantitative estimate of drug-likeness (QED) is 0.806. The van der Waals surface area contributed by atoms with Crippen LogP contribution in [-0.2, 0) is 4.74 Å².